The predicted octanol–water partition coefficient (Wildman–Crippen LogP) is 4.41. The smallest absolute Gasteiger partial charge is 0.160 e. The highest BCUT2D eigenvalue weighted by atomic mass is 16.5. The molecule has 5 nitrogen and oxygen atoms in total. The second kappa shape index (κ2) is 7.85. The van der Waals surface area contributed by atoms with Crippen molar-refractivity contribution in [3.63, 3.8) is 0 Å². The number of hydrogen-bond acceptors (Lipinski definition) is 5. The lowest BCUT2D eigenvalue weighted by Gasteiger charge is -2.09. The van der Waals surface area contributed by atoms with Gasteiger partial charge in [0.2, 0.25) is 0 Å². The molecule has 4 aromatic rings. The summed E-state index contributed by atoms with van der Waals surface area (Å²) >= 11 is 0. The lowest BCUT2D eigenvalue weighted by molar-refractivity contribution is 0.181. The van der Waals surface area contributed by atoms with Crippen LogP contribution < -0.4 is 0 Å². The molecular weight excluding hydrogens is 336 g/mol. The lowest BCUT2D eigenvalue weighted by Crippen LogP contribution is -2.00. The maximum Gasteiger partial charge on any atom is 0.160 e. The van der Waals surface area contributed by atoms with Gasteiger partial charge in [0.25, 0.3) is 0 Å². The molecule has 5 heteroatoms. The molecule has 0 spiro atoms. The molecule has 0 unspecified atom stereocenters. The SMILES string of the molecule is COCc1cc(-c2cccc(-c3ccccn3)n2)nc(-c2ccccc2)n1. The highest BCUT2D eigenvalue weighted by Gasteiger charge is 2.11. The van der Waals surface area contributed by atoms with Crippen LogP contribution in [0.15, 0.2) is 79.0 Å². The third kappa shape index (κ3) is 3.88. The number of aromatic nitrogens is 4. The maximum atomic E-state index is 5.28. The van der Waals surface area contributed by atoms with E-state index in [1.54, 1.807) is 13.3 Å². The van der Waals surface area contributed by atoms with Crippen LogP contribution >= 0.6 is 0 Å². The van der Waals surface area contributed by atoms with Crippen LogP contribution in [-0.4, -0.2) is 27.0 Å². The van der Waals surface area contributed by atoms with Crippen molar-refractivity contribution in [3.05, 3.63) is 84.7 Å². The molecule has 0 amide bonds. The van der Waals surface area contributed by atoms with Gasteiger partial charge in [0.15, 0.2) is 5.82 Å². The molecule has 0 aliphatic carbocycles. The number of nitrogens with zero attached hydrogens (tertiary/aromatic N) is 4. The first-order valence-electron chi connectivity index (χ1n) is 8.64. The first kappa shape index (κ1) is 17.0. The molecule has 0 saturated carbocycles. The van der Waals surface area contributed by atoms with E-state index in [-0.39, 0.29) is 0 Å². The molecule has 4 rings (SSSR count). The average Bonchev–Trinajstić information content (AvgIpc) is 2.75. The van der Waals surface area contributed by atoms with Gasteiger partial charge in [-0.25, -0.2) is 15.0 Å². The Morgan fingerprint density at radius 2 is 1.44 bits per heavy atom. The number of methoxy groups -OCH3 is 1. The van der Waals surface area contributed by atoms with E-state index in [4.69, 9.17) is 14.7 Å². The Kier molecular flexibility index (Phi) is 4.94. The van der Waals surface area contributed by atoms with Crippen molar-refractivity contribution in [1.29, 1.82) is 0 Å². The van der Waals surface area contributed by atoms with Crippen LogP contribution in [0.5, 0.6) is 0 Å². The van der Waals surface area contributed by atoms with E-state index in [1.165, 1.54) is 0 Å². The topological polar surface area (TPSA) is 60.8 Å². The van der Waals surface area contributed by atoms with E-state index < -0.39 is 0 Å². The zero-order valence-corrected chi connectivity index (χ0v) is 14.9. The Morgan fingerprint density at radius 1 is 0.704 bits per heavy atom. The molecule has 0 aliphatic heterocycles. The summed E-state index contributed by atoms with van der Waals surface area (Å²) in [6.45, 7) is 0.412. The van der Waals surface area contributed by atoms with E-state index in [2.05, 4.69) is 9.97 Å². The second-order valence-corrected chi connectivity index (χ2v) is 5.99. The molecular formula is C22H18N4O. The van der Waals surface area contributed by atoms with Gasteiger partial charge in [-0.1, -0.05) is 42.5 Å². The van der Waals surface area contributed by atoms with E-state index >= 15 is 0 Å². The van der Waals surface area contributed by atoms with Crippen molar-refractivity contribution in [3.8, 4) is 34.2 Å². The fourth-order valence-corrected chi connectivity index (χ4v) is 2.80. The number of ether oxygens (including phenoxy) is 1. The molecule has 0 radical (unpaired) electrons. The van der Waals surface area contributed by atoms with E-state index in [9.17, 15) is 0 Å². The first-order chi connectivity index (χ1) is 13.3. The zero-order valence-electron chi connectivity index (χ0n) is 14.9. The summed E-state index contributed by atoms with van der Waals surface area (Å²) in [5, 5.41) is 0. The number of hydrogen-bond donors (Lipinski definition) is 0. The second-order valence-electron chi connectivity index (χ2n) is 5.99. The van der Waals surface area contributed by atoms with Gasteiger partial charge >= 0.3 is 0 Å². The van der Waals surface area contributed by atoms with Crippen LogP contribution in [0.4, 0.5) is 0 Å². The van der Waals surface area contributed by atoms with Crippen molar-refractivity contribution in [2.24, 2.45) is 0 Å². The van der Waals surface area contributed by atoms with Gasteiger partial charge in [0, 0.05) is 18.9 Å². The van der Waals surface area contributed by atoms with E-state index in [0.29, 0.717) is 12.4 Å². The van der Waals surface area contributed by atoms with Crippen molar-refractivity contribution >= 4 is 0 Å². The largest absolute Gasteiger partial charge is 0.378 e. The van der Waals surface area contributed by atoms with Gasteiger partial charge in [0.05, 0.1) is 35.1 Å². The number of rotatable bonds is 5. The van der Waals surface area contributed by atoms with Crippen LogP contribution in [0.1, 0.15) is 5.69 Å². The molecule has 0 aliphatic rings. The van der Waals surface area contributed by atoms with Gasteiger partial charge in [0.1, 0.15) is 0 Å². The Balaban J connectivity index is 1.80. The molecule has 0 atom stereocenters. The van der Waals surface area contributed by atoms with E-state index in [1.807, 2.05) is 72.8 Å². The summed E-state index contributed by atoms with van der Waals surface area (Å²) in [6, 6.07) is 23.5. The molecule has 0 saturated heterocycles. The number of pyridine rings is 2. The average molecular weight is 354 g/mol. The van der Waals surface area contributed by atoms with Crippen LogP contribution in [0, 0.1) is 0 Å². The standard InChI is InChI=1S/C22H18N4O/c1-27-15-17-14-21(26-22(24-17)16-8-3-2-4-9-16)20-12-7-11-19(25-20)18-10-5-6-13-23-18/h2-14H,15H2,1H3. The summed E-state index contributed by atoms with van der Waals surface area (Å²) in [5.41, 5.74) is 4.93. The molecule has 3 heterocycles. The van der Waals surface area contributed by atoms with Crippen molar-refractivity contribution < 1.29 is 4.74 Å². The minimum atomic E-state index is 0.412. The fraction of sp³-hybridized carbons (Fsp3) is 0.0909. The first-order valence-corrected chi connectivity index (χ1v) is 8.64. The van der Waals surface area contributed by atoms with Gasteiger partial charge < -0.3 is 4.74 Å². The minimum Gasteiger partial charge on any atom is -0.378 e. The normalized spacial score (nSPS) is 10.7. The van der Waals surface area contributed by atoms with Crippen LogP contribution in [0.2, 0.25) is 0 Å². The van der Waals surface area contributed by atoms with Gasteiger partial charge in [-0.2, -0.15) is 0 Å². The predicted molar refractivity (Wildman–Crippen MR) is 105 cm³/mol. The summed E-state index contributed by atoms with van der Waals surface area (Å²) in [5.74, 6) is 0.658. The Bertz CT molecular complexity index is 1040. The fourth-order valence-electron chi connectivity index (χ4n) is 2.80. The van der Waals surface area contributed by atoms with Crippen molar-refractivity contribution in [1.82, 2.24) is 19.9 Å². The summed E-state index contributed by atoms with van der Waals surface area (Å²) in [4.78, 5) is 18.5. The third-order valence-electron chi connectivity index (χ3n) is 4.04. The monoisotopic (exact) mass is 354 g/mol. The lowest BCUT2D eigenvalue weighted by atomic mass is 10.1. The highest BCUT2D eigenvalue weighted by molar-refractivity contribution is 5.64. The van der Waals surface area contributed by atoms with Crippen LogP contribution in [0.25, 0.3) is 34.2 Å². The molecule has 1 aromatic carbocycles. The summed E-state index contributed by atoms with van der Waals surface area (Å²) in [7, 11) is 1.66. The maximum absolute atomic E-state index is 5.28. The Hall–Kier alpha value is -3.44. The zero-order chi connectivity index (χ0) is 18.5. The molecule has 0 N–H and O–H groups in total. The van der Waals surface area contributed by atoms with Gasteiger partial charge in [-0.05, 0) is 30.3 Å². The van der Waals surface area contributed by atoms with E-state index in [0.717, 1.165) is 34.0 Å². The molecule has 3 aromatic heterocycles. The van der Waals surface area contributed by atoms with Crippen LogP contribution in [0.3, 0.4) is 0 Å². The molecule has 132 valence electrons. The van der Waals surface area contributed by atoms with Crippen molar-refractivity contribution in [2.45, 2.75) is 6.61 Å². The van der Waals surface area contributed by atoms with Crippen LogP contribution in [-0.2, 0) is 11.3 Å². The number of benzene rings is 1. The van der Waals surface area contributed by atoms with Gasteiger partial charge in [-0.15, -0.1) is 0 Å². The molecule has 0 bridgehead atoms. The Labute approximate surface area is 157 Å². The Morgan fingerprint density at radius 3 is 2.19 bits per heavy atom. The minimum absolute atomic E-state index is 0.412. The van der Waals surface area contributed by atoms with Crippen molar-refractivity contribution in [2.75, 3.05) is 7.11 Å². The third-order valence-corrected chi connectivity index (χ3v) is 4.04. The quantitative estimate of drug-likeness (QED) is 0.531. The van der Waals surface area contributed by atoms with Gasteiger partial charge in [-0.3, -0.25) is 4.98 Å². The summed E-state index contributed by atoms with van der Waals surface area (Å²) < 4.78 is 5.28. The molecule has 27 heavy (non-hydrogen) atoms. The molecule has 0 fully saturated rings. The highest BCUT2D eigenvalue weighted by Crippen LogP contribution is 2.23. The summed E-state index contributed by atoms with van der Waals surface area (Å²) in [6.07, 6.45) is 1.76.